The molecule has 0 radical (unpaired) electrons. The maximum absolute atomic E-state index is 5.95. The molecule has 0 bridgehead atoms. The molecule has 1 aliphatic heterocycles. The minimum Gasteiger partial charge on any atom is -0.492 e. The van der Waals surface area contributed by atoms with E-state index < -0.39 is 0 Å². The zero-order valence-electron chi connectivity index (χ0n) is 14.3. The molecule has 2 fully saturated rings. The monoisotopic (exact) mass is 302 g/mol. The first kappa shape index (κ1) is 15.7. The molecule has 1 aromatic rings. The van der Waals surface area contributed by atoms with Gasteiger partial charge in [-0.3, -0.25) is 0 Å². The molecule has 1 saturated heterocycles. The van der Waals surface area contributed by atoms with Crippen molar-refractivity contribution in [3.8, 4) is 5.75 Å². The molecule has 122 valence electrons. The van der Waals surface area contributed by atoms with E-state index in [1.54, 1.807) is 0 Å². The lowest BCUT2D eigenvalue weighted by atomic mass is 9.91. The van der Waals surface area contributed by atoms with Crippen LogP contribution in [0.15, 0.2) is 18.2 Å². The molecule has 1 saturated carbocycles. The van der Waals surface area contributed by atoms with Gasteiger partial charge in [0, 0.05) is 25.7 Å². The van der Waals surface area contributed by atoms with Gasteiger partial charge in [-0.15, -0.1) is 0 Å². The van der Waals surface area contributed by atoms with Crippen LogP contribution < -0.4 is 15.0 Å². The van der Waals surface area contributed by atoms with Gasteiger partial charge in [-0.25, -0.2) is 0 Å². The number of hydrogen-bond acceptors (Lipinski definition) is 3. The van der Waals surface area contributed by atoms with Crippen LogP contribution in [0.25, 0.3) is 0 Å². The molecule has 2 atom stereocenters. The predicted molar refractivity (Wildman–Crippen MR) is 92.6 cm³/mol. The lowest BCUT2D eigenvalue weighted by Crippen LogP contribution is -2.38. The third-order valence-corrected chi connectivity index (χ3v) is 4.71. The van der Waals surface area contributed by atoms with Crippen molar-refractivity contribution < 1.29 is 4.74 Å². The summed E-state index contributed by atoms with van der Waals surface area (Å²) in [5.41, 5.74) is 2.60. The molecule has 22 heavy (non-hydrogen) atoms. The molecule has 2 unspecified atom stereocenters. The smallest absolute Gasteiger partial charge is 0.142 e. The number of hydrogen-bond donors (Lipinski definition) is 1. The largest absolute Gasteiger partial charge is 0.492 e. The Morgan fingerprint density at radius 3 is 2.55 bits per heavy atom. The Bertz CT molecular complexity index is 488. The van der Waals surface area contributed by atoms with E-state index in [1.807, 2.05) is 0 Å². The van der Waals surface area contributed by atoms with Crippen molar-refractivity contribution in [3.63, 3.8) is 0 Å². The van der Waals surface area contributed by atoms with Crippen LogP contribution in [-0.4, -0.2) is 25.7 Å². The molecule has 0 spiro atoms. The van der Waals surface area contributed by atoms with E-state index in [9.17, 15) is 0 Å². The van der Waals surface area contributed by atoms with Crippen molar-refractivity contribution in [1.82, 2.24) is 5.32 Å². The van der Waals surface area contributed by atoms with E-state index in [0.717, 1.165) is 49.9 Å². The van der Waals surface area contributed by atoms with Gasteiger partial charge >= 0.3 is 0 Å². The van der Waals surface area contributed by atoms with Gasteiger partial charge in [-0.1, -0.05) is 19.9 Å². The molecule has 1 heterocycles. The first-order valence-electron chi connectivity index (χ1n) is 8.89. The van der Waals surface area contributed by atoms with Crippen LogP contribution in [0.3, 0.4) is 0 Å². The Kier molecular flexibility index (Phi) is 4.92. The summed E-state index contributed by atoms with van der Waals surface area (Å²) in [4.78, 5) is 2.52. The van der Waals surface area contributed by atoms with Crippen LogP contribution in [0.4, 0.5) is 5.69 Å². The normalized spacial score (nSPS) is 25.3. The van der Waals surface area contributed by atoms with Gasteiger partial charge in [0.15, 0.2) is 0 Å². The lowest BCUT2D eigenvalue weighted by Gasteiger charge is -2.37. The van der Waals surface area contributed by atoms with E-state index in [0.29, 0.717) is 0 Å². The molecule has 1 aromatic carbocycles. The van der Waals surface area contributed by atoms with Crippen LogP contribution >= 0.6 is 0 Å². The molecule has 3 nitrogen and oxygen atoms in total. The topological polar surface area (TPSA) is 24.5 Å². The van der Waals surface area contributed by atoms with Crippen molar-refractivity contribution in [2.24, 2.45) is 11.8 Å². The molecular formula is C19H30N2O. The fourth-order valence-electron chi connectivity index (χ4n) is 3.61. The second-order valence-electron chi connectivity index (χ2n) is 7.24. The zero-order valence-corrected chi connectivity index (χ0v) is 14.3. The summed E-state index contributed by atoms with van der Waals surface area (Å²) in [5, 5.41) is 3.59. The van der Waals surface area contributed by atoms with Crippen molar-refractivity contribution in [3.05, 3.63) is 23.8 Å². The average molecular weight is 302 g/mol. The molecule has 3 heteroatoms. The van der Waals surface area contributed by atoms with Crippen molar-refractivity contribution in [1.29, 1.82) is 0 Å². The molecule has 3 rings (SSSR count). The molecule has 0 aromatic heterocycles. The second kappa shape index (κ2) is 6.91. The van der Waals surface area contributed by atoms with Gasteiger partial charge in [-0.2, -0.15) is 0 Å². The average Bonchev–Trinajstić information content (AvgIpc) is 3.29. The summed E-state index contributed by atoms with van der Waals surface area (Å²) >= 11 is 0. The fourth-order valence-corrected chi connectivity index (χ4v) is 3.61. The zero-order chi connectivity index (χ0) is 15.5. The van der Waals surface area contributed by atoms with Gasteiger partial charge in [0.2, 0.25) is 0 Å². The van der Waals surface area contributed by atoms with Gasteiger partial charge in [0.1, 0.15) is 5.75 Å². The van der Waals surface area contributed by atoms with E-state index in [2.05, 4.69) is 49.2 Å². The highest BCUT2D eigenvalue weighted by Gasteiger charge is 2.24. The maximum Gasteiger partial charge on any atom is 0.142 e. The standard InChI is InChI=1S/C19H30N2O/c1-4-22-19-10-16(11-20-17-6-7-17)5-8-18(19)21-12-14(2)9-15(3)13-21/h5,8,10,14-15,17,20H,4,6-7,9,11-13H2,1-3H3. The summed E-state index contributed by atoms with van der Waals surface area (Å²) in [6.45, 7) is 10.8. The molecule has 2 aliphatic rings. The molecule has 0 amide bonds. The Hall–Kier alpha value is -1.22. The van der Waals surface area contributed by atoms with Gasteiger partial charge in [0.25, 0.3) is 0 Å². The van der Waals surface area contributed by atoms with Crippen molar-refractivity contribution in [2.75, 3.05) is 24.6 Å². The Balaban J connectivity index is 1.76. The first-order chi connectivity index (χ1) is 10.7. The number of benzene rings is 1. The van der Waals surface area contributed by atoms with Crippen LogP contribution in [-0.2, 0) is 6.54 Å². The van der Waals surface area contributed by atoms with Crippen LogP contribution in [0.5, 0.6) is 5.75 Å². The number of rotatable bonds is 6. The summed E-state index contributed by atoms with van der Waals surface area (Å²) in [7, 11) is 0. The maximum atomic E-state index is 5.95. The third kappa shape index (κ3) is 3.95. The van der Waals surface area contributed by atoms with Crippen molar-refractivity contribution >= 4 is 5.69 Å². The summed E-state index contributed by atoms with van der Waals surface area (Å²) in [5.74, 6) is 2.57. The quantitative estimate of drug-likeness (QED) is 0.864. The minimum atomic E-state index is 0.728. The predicted octanol–water partition coefficient (Wildman–Crippen LogP) is 3.82. The molecule has 1 N–H and O–H groups in total. The number of anilines is 1. The van der Waals surface area contributed by atoms with Gasteiger partial charge < -0.3 is 15.0 Å². The van der Waals surface area contributed by atoms with E-state index >= 15 is 0 Å². The highest BCUT2D eigenvalue weighted by molar-refractivity contribution is 5.60. The van der Waals surface area contributed by atoms with Crippen molar-refractivity contribution in [2.45, 2.75) is 52.6 Å². The number of nitrogens with one attached hydrogen (secondary N) is 1. The van der Waals surface area contributed by atoms with E-state index in [1.165, 1.54) is 30.5 Å². The Morgan fingerprint density at radius 2 is 1.91 bits per heavy atom. The third-order valence-electron chi connectivity index (χ3n) is 4.71. The van der Waals surface area contributed by atoms with Gasteiger partial charge in [-0.05, 0) is 55.7 Å². The summed E-state index contributed by atoms with van der Waals surface area (Å²) in [6.07, 6.45) is 4.00. The SMILES string of the molecule is CCOc1cc(CNC2CC2)ccc1N1CC(C)CC(C)C1. The number of nitrogens with zero attached hydrogens (tertiary/aromatic N) is 1. The summed E-state index contributed by atoms with van der Waals surface area (Å²) < 4.78 is 5.95. The van der Waals surface area contributed by atoms with Crippen LogP contribution in [0, 0.1) is 11.8 Å². The highest BCUT2D eigenvalue weighted by atomic mass is 16.5. The first-order valence-corrected chi connectivity index (χ1v) is 8.89. The highest BCUT2D eigenvalue weighted by Crippen LogP contribution is 2.34. The second-order valence-corrected chi connectivity index (χ2v) is 7.24. The minimum absolute atomic E-state index is 0.728. The molecule has 1 aliphatic carbocycles. The van der Waals surface area contributed by atoms with Gasteiger partial charge in [0.05, 0.1) is 12.3 Å². The number of piperidine rings is 1. The summed E-state index contributed by atoms with van der Waals surface area (Å²) in [6, 6.07) is 7.51. The Morgan fingerprint density at radius 1 is 1.18 bits per heavy atom. The molecular weight excluding hydrogens is 272 g/mol. The lowest BCUT2D eigenvalue weighted by molar-refractivity contribution is 0.329. The fraction of sp³-hybridized carbons (Fsp3) is 0.684. The van der Waals surface area contributed by atoms with Crippen LogP contribution in [0.1, 0.15) is 45.6 Å². The van der Waals surface area contributed by atoms with E-state index in [-0.39, 0.29) is 0 Å². The number of ether oxygens (including phenoxy) is 1. The van der Waals surface area contributed by atoms with Crippen LogP contribution in [0.2, 0.25) is 0 Å². The Labute approximate surface area is 135 Å². The van der Waals surface area contributed by atoms with E-state index in [4.69, 9.17) is 4.74 Å².